The molecule has 2 atom stereocenters. The molecule has 2 rings (SSSR count). The van der Waals surface area contributed by atoms with Crippen LogP contribution in [0, 0.1) is 11.8 Å². The Morgan fingerprint density at radius 3 is 2.68 bits per heavy atom. The summed E-state index contributed by atoms with van der Waals surface area (Å²) in [7, 11) is -2.02. The van der Waals surface area contributed by atoms with Crippen LogP contribution in [0.25, 0.3) is 0 Å². The Balaban J connectivity index is 2.27. The molecule has 1 N–H and O–H groups in total. The summed E-state index contributed by atoms with van der Waals surface area (Å²) >= 11 is 0. The number of piperidine rings is 1. The lowest BCUT2D eigenvalue weighted by molar-refractivity contribution is -0.143. The quantitative estimate of drug-likeness (QED) is 0.854. The second kappa shape index (κ2) is 4.93. The lowest BCUT2D eigenvalue weighted by atomic mass is 9.92. The zero-order valence-electron chi connectivity index (χ0n) is 10.9. The van der Waals surface area contributed by atoms with Gasteiger partial charge in [-0.3, -0.25) is 9.48 Å². The van der Waals surface area contributed by atoms with Crippen molar-refractivity contribution in [2.45, 2.75) is 18.2 Å². The van der Waals surface area contributed by atoms with Gasteiger partial charge < -0.3 is 5.11 Å². The molecule has 1 aliphatic rings. The van der Waals surface area contributed by atoms with Gasteiger partial charge in [-0.2, -0.15) is 9.40 Å². The first-order valence-corrected chi connectivity index (χ1v) is 7.46. The van der Waals surface area contributed by atoms with Crippen LogP contribution in [0.2, 0.25) is 0 Å². The van der Waals surface area contributed by atoms with Crippen molar-refractivity contribution in [3.63, 3.8) is 0 Å². The molecule has 1 saturated heterocycles. The minimum absolute atomic E-state index is 0.0247. The number of sulfonamides is 1. The first kappa shape index (κ1) is 14.0. The van der Waals surface area contributed by atoms with E-state index in [-0.39, 0.29) is 17.4 Å². The zero-order chi connectivity index (χ0) is 14.2. The lowest BCUT2D eigenvalue weighted by Crippen LogP contribution is -2.45. The third kappa shape index (κ3) is 2.79. The minimum Gasteiger partial charge on any atom is -0.481 e. The van der Waals surface area contributed by atoms with E-state index in [1.807, 2.05) is 6.92 Å². The predicted molar refractivity (Wildman–Crippen MR) is 66.9 cm³/mol. The summed E-state index contributed by atoms with van der Waals surface area (Å²) in [6, 6.07) is 0. The van der Waals surface area contributed by atoms with Gasteiger partial charge in [-0.05, 0) is 12.3 Å². The molecule has 1 aromatic rings. The Morgan fingerprint density at radius 1 is 1.47 bits per heavy atom. The van der Waals surface area contributed by atoms with Gasteiger partial charge in [0.05, 0.1) is 12.1 Å². The first-order chi connectivity index (χ1) is 8.80. The third-order valence-electron chi connectivity index (χ3n) is 3.29. The Kier molecular flexibility index (Phi) is 3.64. The van der Waals surface area contributed by atoms with Gasteiger partial charge in [0.25, 0.3) is 0 Å². The number of hydrogen-bond acceptors (Lipinski definition) is 4. The number of carboxylic acids is 1. The molecule has 19 heavy (non-hydrogen) atoms. The highest BCUT2D eigenvalue weighted by Gasteiger charge is 2.36. The van der Waals surface area contributed by atoms with Crippen molar-refractivity contribution in [2.24, 2.45) is 18.9 Å². The molecule has 1 fully saturated rings. The monoisotopic (exact) mass is 287 g/mol. The van der Waals surface area contributed by atoms with Crippen molar-refractivity contribution in [3.8, 4) is 0 Å². The molecule has 0 spiro atoms. The van der Waals surface area contributed by atoms with Crippen LogP contribution in [0.4, 0.5) is 0 Å². The summed E-state index contributed by atoms with van der Waals surface area (Å²) in [5, 5.41) is 12.9. The topological polar surface area (TPSA) is 92.5 Å². The van der Waals surface area contributed by atoms with Gasteiger partial charge in [-0.25, -0.2) is 8.42 Å². The molecule has 1 aliphatic heterocycles. The Labute approximate surface area is 111 Å². The lowest BCUT2D eigenvalue weighted by Gasteiger charge is -2.33. The Bertz CT molecular complexity index is 581. The molecule has 2 heterocycles. The highest BCUT2D eigenvalue weighted by molar-refractivity contribution is 7.89. The molecule has 0 aliphatic carbocycles. The number of carboxylic acid groups (broad SMARTS) is 1. The molecule has 8 heteroatoms. The van der Waals surface area contributed by atoms with Gasteiger partial charge in [0.2, 0.25) is 10.0 Å². The molecule has 0 amide bonds. The fourth-order valence-electron chi connectivity index (χ4n) is 2.36. The summed E-state index contributed by atoms with van der Waals surface area (Å²) in [4.78, 5) is 11.2. The predicted octanol–water partition coefficient (Wildman–Crippen LogP) is 0.151. The van der Waals surface area contributed by atoms with Crippen molar-refractivity contribution < 1.29 is 18.3 Å². The van der Waals surface area contributed by atoms with Crippen molar-refractivity contribution in [2.75, 3.05) is 13.1 Å². The fraction of sp³-hybridized carbons (Fsp3) is 0.636. The maximum atomic E-state index is 12.4. The normalized spacial score (nSPS) is 25.4. The number of aromatic nitrogens is 2. The van der Waals surface area contributed by atoms with Crippen molar-refractivity contribution >= 4 is 16.0 Å². The summed E-state index contributed by atoms with van der Waals surface area (Å²) in [6.45, 7) is 2.23. The minimum atomic E-state index is -3.65. The number of aryl methyl sites for hydroxylation is 1. The van der Waals surface area contributed by atoms with Gasteiger partial charge in [0.15, 0.2) is 0 Å². The number of rotatable bonds is 3. The molecule has 7 nitrogen and oxygen atoms in total. The summed E-state index contributed by atoms with van der Waals surface area (Å²) in [5.41, 5.74) is 0. The van der Waals surface area contributed by atoms with Gasteiger partial charge in [-0.1, -0.05) is 6.92 Å². The van der Waals surface area contributed by atoms with Gasteiger partial charge >= 0.3 is 5.97 Å². The van der Waals surface area contributed by atoms with E-state index in [1.54, 1.807) is 7.05 Å². The van der Waals surface area contributed by atoms with Crippen molar-refractivity contribution in [1.82, 2.24) is 14.1 Å². The average Bonchev–Trinajstić information content (AvgIpc) is 2.75. The summed E-state index contributed by atoms with van der Waals surface area (Å²) < 4.78 is 27.4. The van der Waals surface area contributed by atoms with Gasteiger partial charge in [0.1, 0.15) is 4.90 Å². The Morgan fingerprint density at radius 2 is 2.16 bits per heavy atom. The second-order valence-corrected chi connectivity index (χ2v) is 6.99. The molecule has 0 saturated carbocycles. The number of carbonyl (C=O) groups is 1. The van der Waals surface area contributed by atoms with Gasteiger partial charge in [0, 0.05) is 26.3 Å². The standard InChI is InChI=1S/C11H17N3O4S/c1-8-3-9(11(15)16)6-14(5-8)19(17,18)10-4-12-13(2)7-10/h4,7-9H,3,5-6H2,1-2H3,(H,15,16). The number of nitrogens with zero attached hydrogens (tertiary/aromatic N) is 3. The van der Waals surface area contributed by atoms with Crippen LogP contribution >= 0.6 is 0 Å². The van der Waals surface area contributed by atoms with Crippen LogP contribution in [0.3, 0.4) is 0 Å². The fourth-order valence-corrected chi connectivity index (χ4v) is 3.95. The molecular weight excluding hydrogens is 270 g/mol. The number of aliphatic carboxylic acids is 1. The van der Waals surface area contributed by atoms with Crippen LogP contribution in [-0.4, -0.2) is 46.7 Å². The van der Waals surface area contributed by atoms with E-state index < -0.39 is 21.9 Å². The molecule has 2 unspecified atom stereocenters. The zero-order valence-corrected chi connectivity index (χ0v) is 11.7. The number of hydrogen-bond donors (Lipinski definition) is 1. The van der Waals surface area contributed by atoms with E-state index in [0.29, 0.717) is 13.0 Å². The van der Waals surface area contributed by atoms with E-state index >= 15 is 0 Å². The third-order valence-corrected chi connectivity index (χ3v) is 5.08. The van der Waals surface area contributed by atoms with E-state index in [0.717, 1.165) is 0 Å². The molecule has 0 radical (unpaired) electrons. The van der Waals surface area contributed by atoms with Crippen LogP contribution in [-0.2, 0) is 21.9 Å². The van der Waals surface area contributed by atoms with Crippen LogP contribution in [0.5, 0.6) is 0 Å². The van der Waals surface area contributed by atoms with Crippen molar-refractivity contribution in [1.29, 1.82) is 0 Å². The second-order valence-electron chi connectivity index (χ2n) is 5.05. The summed E-state index contributed by atoms with van der Waals surface area (Å²) in [5.74, 6) is -1.56. The SMILES string of the molecule is CC1CC(C(=O)O)CN(S(=O)(=O)c2cnn(C)c2)C1. The van der Waals surface area contributed by atoms with E-state index in [4.69, 9.17) is 5.11 Å². The molecule has 0 bridgehead atoms. The highest BCUT2D eigenvalue weighted by atomic mass is 32.2. The average molecular weight is 287 g/mol. The van der Waals surface area contributed by atoms with Gasteiger partial charge in [-0.15, -0.1) is 0 Å². The highest BCUT2D eigenvalue weighted by Crippen LogP contribution is 2.26. The summed E-state index contributed by atoms with van der Waals surface area (Å²) in [6.07, 6.45) is 3.21. The first-order valence-electron chi connectivity index (χ1n) is 6.02. The molecule has 1 aromatic heterocycles. The molecule has 106 valence electrons. The van der Waals surface area contributed by atoms with E-state index in [1.165, 1.54) is 21.4 Å². The maximum Gasteiger partial charge on any atom is 0.307 e. The van der Waals surface area contributed by atoms with Crippen LogP contribution in [0.1, 0.15) is 13.3 Å². The van der Waals surface area contributed by atoms with E-state index in [9.17, 15) is 13.2 Å². The van der Waals surface area contributed by atoms with E-state index in [2.05, 4.69) is 5.10 Å². The van der Waals surface area contributed by atoms with Crippen molar-refractivity contribution in [3.05, 3.63) is 12.4 Å². The smallest absolute Gasteiger partial charge is 0.307 e. The molecule has 0 aromatic carbocycles. The Hall–Kier alpha value is -1.41. The van der Waals surface area contributed by atoms with Crippen LogP contribution in [0.15, 0.2) is 17.3 Å². The van der Waals surface area contributed by atoms with Crippen LogP contribution < -0.4 is 0 Å². The largest absolute Gasteiger partial charge is 0.481 e. The maximum absolute atomic E-state index is 12.4. The molecular formula is C11H17N3O4S.